The molecule has 0 spiro atoms. The minimum Gasteiger partial charge on any atom is -0.394 e. The van der Waals surface area contributed by atoms with Crippen molar-refractivity contribution in [3.05, 3.63) is 22.8 Å². The second-order valence-electron chi connectivity index (χ2n) is 10.2. The van der Waals surface area contributed by atoms with Crippen LogP contribution in [0.15, 0.2) is 17.5 Å². The molecule has 17 heteroatoms. The van der Waals surface area contributed by atoms with Crippen molar-refractivity contribution in [2.75, 3.05) is 20.2 Å². The van der Waals surface area contributed by atoms with E-state index in [1.165, 1.54) is 14.0 Å². The molecule has 39 heavy (non-hydrogen) atoms. The Morgan fingerprint density at radius 1 is 1.03 bits per heavy atom. The minimum atomic E-state index is -2.00. The number of hydrogen-bond donors (Lipinski definition) is 10. The summed E-state index contributed by atoms with van der Waals surface area (Å²) in [5.41, 5.74) is 12.4. The zero-order chi connectivity index (χ0) is 29.2. The highest BCUT2D eigenvalue weighted by Gasteiger charge is 2.59. The summed E-state index contributed by atoms with van der Waals surface area (Å²) in [7, 11) is 1.47. The topological polar surface area (TPSA) is 277 Å². The van der Waals surface area contributed by atoms with Crippen molar-refractivity contribution in [2.24, 2.45) is 16.8 Å². The Bertz CT molecular complexity index is 883. The lowest BCUT2D eigenvalue weighted by Gasteiger charge is -2.47. The summed E-state index contributed by atoms with van der Waals surface area (Å²) in [5.74, 6) is -0.834. The molecule has 3 rings (SSSR count). The van der Waals surface area contributed by atoms with E-state index < -0.39 is 104 Å². The largest absolute Gasteiger partial charge is 0.394 e. The number of hydrogen-bond acceptors (Lipinski definition) is 15. The highest BCUT2D eigenvalue weighted by molar-refractivity contribution is 5.07. The molecule has 14 unspecified atom stereocenters. The van der Waals surface area contributed by atoms with E-state index in [0.717, 1.165) is 0 Å². The Morgan fingerprint density at radius 3 is 2.23 bits per heavy atom. The zero-order valence-corrected chi connectivity index (χ0v) is 21.9. The van der Waals surface area contributed by atoms with Crippen LogP contribution in [-0.4, -0.2) is 141 Å². The molecule has 0 radical (unpaired) electrons. The Balaban J connectivity index is 1.91. The van der Waals surface area contributed by atoms with Crippen LogP contribution >= 0.6 is 0 Å². The second-order valence-corrected chi connectivity index (χ2v) is 10.2. The number of rotatable bonds is 10. The van der Waals surface area contributed by atoms with E-state index in [4.69, 9.17) is 30.2 Å². The molecule has 15 atom stereocenters. The Morgan fingerprint density at radius 2 is 1.67 bits per heavy atom. The van der Waals surface area contributed by atoms with Crippen LogP contribution < -0.4 is 16.4 Å². The van der Waals surface area contributed by atoms with Crippen LogP contribution in [0.2, 0.25) is 0 Å². The van der Waals surface area contributed by atoms with Gasteiger partial charge < -0.3 is 71.1 Å². The Kier molecular flexibility index (Phi) is 10.4. The minimum absolute atomic E-state index is 0.0264. The zero-order valence-electron chi connectivity index (χ0n) is 21.9. The van der Waals surface area contributed by atoms with Gasteiger partial charge in [-0.3, -0.25) is 0 Å². The molecule has 1 saturated carbocycles. The number of nitrogens with two attached hydrogens (primary N) is 1. The van der Waals surface area contributed by atoms with E-state index in [-0.39, 0.29) is 5.82 Å². The maximum atomic E-state index is 11.5. The van der Waals surface area contributed by atoms with Crippen LogP contribution in [0.1, 0.15) is 13.8 Å². The van der Waals surface area contributed by atoms with Crippen molar-refractivity contribution in [2.45, 2.75) is 99.0 Å². The average Bonchev–Trinajstić information content (AvgIpc) is 3.12. The smallest absolute Gasteiger partial charge is 0.187 e. The maximum absolute atomic E-state index is 11.5. The van der Waals surface area contributed by atoms with Crippen molar-refractivity contribution in [1.29, 1.82) is 0 Å². The molecule has 0 aromatic rings. The van der Waals surface area contributed by atoms with Gasteiger partial charge in [0.25, 0.3) is 0 Å². The predicted octanol–water partition coefficient (Wildman–Crippen LogP) is -4.31. The van der Waals surface area contributed by atoms with Gasteiger partial charge in [0.2, 0.25) is 0 Å². The van der Waals surface area contributed by atoms with Crippen molar-refractivity contribution in [3.63, 3.8) is 0 Å². The van der Waals surface area contributed by atoms with E-state index in [1.54, 1.807) is 6.92 Å². The highest BCUT2D eigenvalue weighted by atomic mass is 16.8. The molecule has 3 fully saturated rings. The van der Waals surface area contributed by atoms with Crippen molar-refractivity contribution in [1.82, 2.24) is 10.6 Å². The highest BCUT2D eigenvalue weighted by Crippen LogP contribution is 2.40. The molecule has 0 amide bonds. The van der Waals surface area contributed by atoms with Crippen LogP contribution in [0.25, 0.3) is 10.4 Å². The summed E-state index contributed by atoms with van der Waals surface area (Å²) < 4.78 is 23.5. The van der Waals surface area contributed by atoms with Crippen LogP contribution in [-0.2, 0) is 18.9 Å². The molecule has 0 aromatic carbocycles. The summed E-state index contributed by atoms with van der Waals surface area (Å²) >= 11 is 0. The average molecular weight is 565 g/mol. The molecule has 11 N–H and O–H groups in total. The van der Waals surface area contributed by atoms with E-state index in [9.17, 15) is 35.7 Å². The summed E-state index contributed by atoms with van der Waals surface area (Å²) in [4.78, 5) is 2.69. The molecule has 1 aliphatic carbocycles. The third-order valence-electron chi connectivity index (χ3n) is 7.79. The Hall–Kier alpha value is -1.83. The SMILES string of the molecule is C=C(N)NC1C(O)C(C)C(OC2OC(C)C(O)(CN=[N+]=[N-])[C@@H]2OC2OC(CO)C(O)C(O)C2NC)C(O)C1O. The lowest BCUT2D eigenvalue weighted by Crippen LogP contribution is -2.67. The standard InChI is InChI=1S/C22H40N6O11/c1-7-13(30)11(27-9(3)23)15(32)17(34)18(7)38-21-19(22(35,6-26-28-24)8(2)36-21)39-20-12(25-4)16(33)14(31)10(5-29)37-20/h7-8,10-21,25,27,29-35H,3,5-6,23H2,1-2,4H3/t7?,8?,10?,11?,12?,13?,14?,15?,16?,17?,18?,19-,20?,21?,22?/m1/s1. The van der Waals surface area contributed by atoms with Gasteiger partial charge in [0.1, 0.15) is 42.2 Å². The first-order chi connectivity index (χ1) is 18.3. The number of nitrogens with zero attached hydrogens (tertiary/aromatic N) is 3. The van der Waals surface area contributed by atoms with Crippen LogP contribution in [0.3, 0.4) is 0 Å². The van der Waals surface area contributed by atoms with Crippen molar-refractivity contribution in [3.8, 4) is 0 Å². The number of aliphatic hydroxyl groups is 7. The van der Waals surface area contributed by atoms with E-state index >= 15 is 0 Å². The third kappa shape index (κ3) is 6.11. The molecule has 0 bridgehead atoms. The lowest BCUT2D eigenvalue weighted by molar-refractivity contribution is -0.318. The molecule has 17 nitrogen and oxygen atoms in total. The molecular formula is C22H40N6O11. The monoisotopic (exact) mass is 564 g/mol. The van der Waals surface area contributed by atoms with Gasteiger partial charge in [-0.25, -0.2) is 0 Å². The number of azide groups is 1. The number of ether oxygens (including phenoxy) is 4. The number of likely N-dealkylation sites (N-methyl/N-ethyl adjacent to an activating group) is 1. The van der Waals surface area contributed by atoms with Gasteiger partial charge in [-0.05, 0) is 19.5 Å². The van der Waals surface area contributed by atoms with Gasteiger partial charge in [0.05, 0.1) is 49.4 Å². The summed E-state index contributed by atoms with van der Waals surface area (Å²) in [6, 6.07) is -2.10. The molecule has 3 aliphatic rings. The second kappa shape index (κ2) is 12.8. The Labute approximate surface area is 224 Å². The first-order valence-electron chi connectivity index (χ1n) is 12.6. The fourth-order valence-electron chi connectivity index (χ4n) is 5.34. The first-order valence-corrected chi connectivity index (χ1v) is 12.6. The van der Waals surface area contributed by atoms with Gasteiger partial charge in [0, 0.05) is 10.8 Å². The van der Waals surface area contributed by atoms with Crippen LogP contribution in [0.5, 0.6) is 0 Å². The van der Waals surface area contributed by atoms with Crippen molar-refractivity contribution < 1.29 is 54.7 Å². The summed E-state index contributed by atoms with van der Waals surface area (Å²) in [5, 5.41) is 83.2. The maximum Gasteiger partial charge on any atom is 0.187 e. The van der Waals surface area contributed by atoms with Gasteiger partial charge in [-0.1, -0.05) is 18.6 Å². The van der Waals surface area contributed by atoms with Gasteiger partial charge in [0.15, 0.2) is 12.6 Å². The third-order valence-corrected chi connectivity index (χ3v) is 7.79. The summed E-state index contributed by atoms with van der Waals surface area (Å²) in [6.45, 7) is 5.33. The van der Waals surface area contributed by atoms with E-state index in [2.05, 4.69) is 27.2 Å². The molecule has 2 saturated heterocycles. The lowest BCUT2D eigenvalue weighted by atomic mass is 9.78. The van der Waals surface area contributed by atoms with E-state index in [0.29, 0.717) is 0 Å². The molecule has 0 aromatic heterocycles. The normalized spacial score (nSPS) is 48.4. The molecule has 2 aliphatic heterocycles. The number of nitrogens with one attached hydrogen (secondary N) is 2. The molecular weight excluding hydrogens is 524 g/mol. The fraction of sp³-hybridized carbons (Fsp3) is 0.909. The predicted molar refractivity (Wildman–Crippen MR) is 131 cm³/mol. The quantitative estimate of drug-likeness (QED) is 0.0683. The molecule has 2 heterocycles. The van der Waals surface area contributed by atoms with Gasteiger partial charge >= 0.3 is 0 Å². The molecule has 224 valence electrons. The van der Waals surface area contributed by atoms with Crippen molar-refractivity contribution >= 4 is 0 Å². The van der Waals surface area contributed by atoms with E-state index in [1.807, 2.05) is 0 Å². The van der Waals surface area contributed by atoms with Gasteiger partial charge in [-0.2, -0.15) is 0 Å². The first kappa shape index (κ1) is 31.7. The number of aliphatic hydroxyl groups excluding tert-OH is 6. The van der Waals surface area contributed by atoms with Crippen LogP contribution in [0.4, 0.5) is 0 Å². The summed E-state index contributed by atoms with van der Waals surface area (Å²) in [6.07, 6.45) is -15.1. The fourth-order valence-corrected chi connectivity index (χ4v) is 5.34. The van der Waals surface area contributed by atoms with Crippen LogP contribution in [0, 0.1) is 5.92 Å². The van der Waals surface area contributed by atoms with Gasteiger partial charge in [-0.15, -0.1) is 0 Å².